The smallest absolute Gasteiger partial charge is 0.251 e. The maximum Gasteiger partial charge on any atom is 0.251 e. The van der Waals surface area contributed by atoms with E-state index in [4.69, 9.17) is 5.73 Å². The van der Waals surface area contributed by atoms with Gasteiger partial charge in [0, 0.05) is 30.6 Å². The lowest BCUT2D eigenvalue weighted by atomic mass is 9.65. The molecule has 2 fully saturated rings. The van der Waals surface area contributed by atoms with Gasteiger partial charge in [-0.1, -0.05) is 24.1 Å². The number of amides is 2. The Labute approximate surface area is 161 Å². The van der Waals surface area contributed by atoms with E-state index >= 15 is 0 Å². The standard InChI is InChI=1S/C20H29N3O2.ClH/c1-13-5-7-14(8-6-13)19(24)22-9-10-23-20(25)17-11-15-3-2-4-16(12-17)18(15)21;/h5-8,15-18H,2-4,9-12,21H2,1H3,(H,22,24)(H,23,25);1H. The highest BCUT2D eigenvalue weighted by molar-refractivity contribution is 5.94. The van der Waals surface area contributed by atoms with Crippen molar-refractivity contribution in [1.82, 2.24) is 10.6 Å². The number of nitrogens with one attached hydrogen (secondary N) is 2. The summed E-state index contributed by atoms with van der Waals surface area (Å²) >= 11 is 0. The predicted octanol–water partition coefficient (Wildman–Crippen LogP) is 2.42. The fraction of sp³-hybridized carbons (Fsp3) is 0.600. The van der Waals surface area contributed by atoms with Crippen LogP contribution in [0.2, 0.25) is 0 Å². The highest BCUT2D eigenvalue weighted by Gasteiger charge is 2.40. The number of hydrogen-bond donors (Lipinski definition) is 3. The largest absolute Gasteiger partial charge is 0.354 e. The molecule has 2 atom stereocenters. The molecule has 2 amide bonds. The van der Waals surface area contributed by atoms with Crippen LogP contribution >= 0.6 is 12.4 Å². The van der Waals surface area contributed by atoms with Gasteiger partial charge in [0.15, 0.2) is 0 Å². The summed E-state index contributed by atoms with van der Waals surface area (Å²) in [5, 5.41) is 5.83. The molecular formula is C20H30ClN3O2. The molecule has 0 saturated heterocycles. The Morgan fingerprint density at radius 3 is 2.23 bits per heavy atom. The normalized spacial score (nSPS) is 27.2. The van der Waals surface area contributed by atoms with E-state index in [9.17, 15) is 9.59 Å². The first kappa shape index (κ1) is 20.7. The zero-order valence-corrected chi connectivity index (χ0v) is 16.2. The van der Waals surface area contributed by atoms with Gasteiger partial charge in [0.05, 0.1) is 0 Å². The van der Waals surface area contributed by atoms with Gasteiger partial charge in [0.2, 0.25) is 5.91 Å². The Bertz CT molecular complexity index is 606. The molecule has 0 radical (unpaired) electrons. The molecule has 0 aliphatic heterocycles. The second-order valence-corrected chi connectivity index (χ2v) is 7.61. The van der Waals surface area contributed by atoms with Gasteiger partial charge in [-0.25, -0.2) is 0 Å². The second-order valence-electron chi connectivity index (χ2n) is 7.61. The van der Waals surface area contributed by atoms with Crippen molar-refractivity contribution in [3.63, 3.8) is 0 Å². The van der Waals surface area contributed by atoms with Crippen molar-refractivity contribution in [2.75, 3.05) is 13.1 Å². The summed E-state index contributed by atoms with van der Waals surface area (Å²) in [6.45, 7) is 2.90. The lowest BCUT2D eigenvalue weighted by Gasteiger charge is -2.43. The molecule has 0 aromatic heterocycles. The number of benzene rings is 1. The van der Waals surface area contributed by atoms with Crippen LogP contribution in [0.5, 0.6) is 0 Å². The molecule has 0 heterocycles. The average molecular weight is 380 g/mol. The minimum atomic E-state index is -0.104. The van der Waals surface area contributed by atoms with Crippen molar-refractivity contribution in [2.24, 2.45) is 23.5 Å². The Kier molecular flexibility index (Phi) is 7.47. The van der Waals surface area contributed by atoms with Crippen molar-refractivity contribution in [1.29, 1.82) is 0 Å². The third-order valence-corrected chi connectivity index (χ3v) is 5.81. The minimum absolute atomic E-state index is 0. The van der Waals surface area contributed by atoms with Gasteiger partial charge in [-0.2, -0.15) is 0 Å². The number of halogens is 1. The van der Waals surface area contributed by atoms with Crippen LogP contribution in [0.4, 0.5) is 0 Å². The third kappa shape index (κ3) is 4.98. The molecule has 2 unspecified atom stereocenters. The summed E-state index contributed by atoms with van der Waals surface area (Å²) in [6.07, 6.45) is 5.41. The summed E-state index contributed by atoms with van der Waals surface area (Å²) in [5.74, 6) is 1.11. The molecule has 5 nitrogen and oxygen atoms in total. The van der Waals surface area contributed by atoms with Gasteiger partial charge >= 0.3 is 0 Å². The highest BCUT2D eigenvalue weighted by atomic mass is 35.5. The first-order valence-electron chi connectivity index (χ1n) is 9.42. The van der Waals surface area contributed by atoms with Crippen molar-refractivity contribution in [2.45, 2.75) is 45.1 Å². The molecule has 4 N–H and O–H groups in total. The molecule has 2 bridgehead atoms. The van der Waals surface area contributed by atoms with E-state index in [-0.39, 0.29) is 36.2 Å². The van der Waals surface area contributed by atoms with Crippen molar-refractivity contribution < 1.29 is 9.59 Å². The molecule has 6 heteroatoms. The minimum Gasteiger partial charge on any atom is -0.354 e. The van der Waals surface area contributed by atoms with E-state index in [1.165, 1.54) is 6.42 Å². The van der Waals surface area contributed by atoms with E-state index in [0.717, 1.165) is 31.2 Å². The van der Waals surface area contributed by atoms with Gasteiger partial charge in [0.25, 0.3) is 5.91 Å². The number of rotatable bonds is 5. The quantitative estimate of drug-likeness (QED) is 0.687. The molecule has 1 aromatic carbocycles. The summed E-state index contributed by atoms with van der Waals surface area (Å²) in [4.78, 5) is 24.5. The predicted molar refractivity (Wildman–Crippen MR) is 105 cm³/mol. The molecule has 144 valence electrons. The Balaban J connectivity index is 0.00000243. The average Bonchev–Trinajstić information content (AvgIpc) is 2.58. The number of aryl methyl sites for hydroxylation is 1. The molecular weight excluding hydrogens is 350 g/mol. The SMILES string of the molecule is Cc1ccc(C(=O)NCCNC(=O)C2CC3CCCC(C2)C3N)cc1.Cl. The Morgan fingerprint density at radius 2 is 1.62 bits per heavy atom. The monoisotopic (exact) mass is 379 g/mol. The Hall–Kier alpha value is -1.59. The van der Waals surface area contributed by atoms with Crippen LogP contribution < -0.4 is 16.4 Å². The number of carbonyl (C=O) groups is 2. The second kappa shape index (κ2) is 9.38. The van der Waals surface area contributed by atoms with Crippen LogP contribution in [0.3, 0.4) is 0 Å². The van der Waals surface area contributed by atoms with Gasteiger partial charge in [-0.3, -0.25) is 9.59 Å². The van der Waals surface area contributed by atoms with Crippen LogP contribution in [0, 0.1) is 24.7 Å². The van der Waals surface area contributed by atoms with Crippen LogP contribution in [-0.2, 0) is 4.79 Å². The Morgan fingerprint density at radius 1 is 1.04 bits per heavy atom. The molecule has 3 rings (SSSR count). The number of nitrogens with two attached hydrogens (primary N) is 1. The maximum absolute atomic E-state index is 12.4. The van der Waals surface area contributed by atoms with Gasteiger partial charge < -0.3 is 16.4 Å². The summed E-state index contributed by atoms with van der Waals surface area (Å²) < 4.78 is 0. The number of fused-ring (bicyclic) bond motifs is 2. The van der Waals surface area contributed by atoms with Crippen molar-refractivity contribution in [3.05, 3.63) is 35.4 Å². The molecule has 2 saturated carbocycles. The van der Waals surface area contributed by atoms with E-state index in [1.54, 1.807) is 0 Å². The molecule has 26 heavy (non-hydrogen) atoms. The first-order valence-corrected chi connectivity index (χ1v) is 9.42. The lowest BCUT2D eigenvalue weighted by Crippen LogP contribution is -2.49. The van der Waals surface area contributed by atoms with Gasteiger partial charge in [-0.05, 0) is 56.6 Å². The van der Waals surface area contributed by atoms with Crippen molar-refractivity contribution in [3.8, 4) is 0 Å². The zero-order valence-electron chi connectivity index (χ0n) is 15.4. The van der Waals surface area contributed by atoms with Gasteiger partial charge in [-0.15, -0.1) is 12.4 Å². The van der Waals surface area contributed by atoms with E-state index in [2.05, 4.69) is 10.6 Å². The topological polar surface area (TPSA) is 84.2 Å². The fourth-order valence-electron chi connectivity index (χ4n) is 4.32. The zero-order chi connectivity index (χ0) is 17.8. The summed E-state index contributed by atoms with van der Waals surface area (Å²) in [6, 6.07) is 7.75. The molecule has 0 spiro atoms. The lowest BCUT2D eigenvalue weighted by molar-refractivity contribution is -0.127. The first-order chi connectivity index (χ1) is 12.0. The summed E-state index contributed by atoms with van der Waals surface area (Å²) in [7, 11) is 0. The fourth-order valence-corrected chi connectivity index (χ4v) is 4.32. The summed E-state index contributed by atoms with van der Waals surface area (Å²) in [5.41, 5.74) is 8.06. The molecule has 2 aliphatic rings. The number of hydrogen-bond acceptors (Lipinski definition) is 3. The molecule has 2 aliphatic carbocycles. The van der Waals surface area contributed by atoms with Crippen molar-refractivity contribution >= 4 is 24.2 Å². The third-order valence-electron chi connectivity index (χ3n) is 5.81. The number of carbonyl (C=O) groups excluding carboxylic acids is 2. The van der Waals surface area contributed by atoms with E-state index in [1.807, 2.05) is 31.2 Å². The van der Waals surface area contributed by atoms with Crippen LogP contribution in [0.1, 0.15) is 48.0 Å². The van der Waals surface area contributed by atoms with Crippen LogP contribution in [-0.4, -0.2) is 30.9 Å². The van der Waals surface area contributed by atoms with Gasteiger partial charge in [0.1, 0.15) is 0 Å². The highest BCUT2D eigenvalue weighted by Crippen LogP contribution is 2.41. The van der Waals surface area contributed by atoms with Crippen LogP contribution in [0.25, 0.3) is 0 Å². The van der Waals surface area contributed by atoms with Crippen LogP contribution in [0.15, 0.2) is 24.3 Å². The maximum atomic E-state index is 12.4. The van der Waals surface area contributed by atoms with E-state index < -0.39 is 0 Å². The van der Waals surface area contributed by atoms with E-state index in [0.29, 0.717) is 30.5 Å². The molecule has 1 aromatic rings.